The number of carbonyl (C=O) groups excluding carboxylic acids is 1. The third-order valence-electron chi connectivity index (χ3n) is 4.91. The van der Waals surface area contributed by atoms with E-state index in [1.165, 1.54) is 6.20 Å². The molecule has 0 radical (unpaired) electrons. The molecule has 1 amide bonds. The Kier molecular flexibility index (Phi) is 4.77. The molecule has 140 valence electrons. The Morgan fingerprint density at radius 1 is 1.04 bits per heavy atom. The molecule has 4 rings (SSSR count). The highest BCUT2D eigenvalue weighted by molar-refractivity contribution is 7.79. The molecule has 0 spiro atoms. The van der Waals surface area contributed by atoms with E-state index >= 15 is 0 Å². The summed E-state index contributed by atoms with van der Waals surface area (Å²) >= 11 is -2.11. The van der Waals surface area contributed by atoms with Crippen LogP contribution in [0.5, 0.6) is 0 Å². The maximum absolute atomic E-state index is 12.6. The van der Waals surface area contributed by atoms with Crippen LogP contribution in [-0.4, -0.2) is 67.1 Å². The van der Waals surface area contributed by atoms with Crippen LogP contribution < -0.4 is 0 Å². The van der Waals surface area contributed by atoms with Gasteiger partial charge in [0.1, 0.15) is 5.65 Å². The highest BCUT2D eigenvalue weighted by Gasteiger charge is 2.20. The van der Waals surface area contributed by atoms with Gasteiger partial charge >= 0.3 is 0 Å². The first-order valence-corrected chi connectivity index (χ1v) is 9.80. The molecule has 1 aromatic carbocycles. The third-order valence-corrected chi connectivity index (χ3v) is 5.57. The van der Waals surface area contributed by atoms with Crippen molar-refractivity contribution >= 4 is 22.6 Å². The summed E-state index contributed by atoms with van der Waals surface area (Å²) in [5.74, 6) is 0.0534. The topological polar surface area (TPSA) is 78.1 Å². The second-order valence-electron chi connectivity index (χ2n) is 6.66. The van der Waals surface area contributed by atoms with Gasteiger partial charge in [0.15, 0.2) is 5.03 Å². The molecule has 27 heavy (non-hydrogen) atoms. The number of aromatic nitrogens is 2. The number of pyridine rings is 1. The molecule has 1 atom stereocenters. The number of fused-ring (bicyclic) bond motifs is 1. The number of amides is 1. The lowest BCUT2D eigenvalue weighted by molar-refractivity contribution is 0.0664. The number of piperazine rings is 1. The predicted octanol–water partition coefficient (Wildman–Crippen LogP) is 1.97. The van der Waals surface area contributed by atoms with Crippen molar-refractivity contribution in [2.45, 2.75) is 5.03 Å². The lowest BCUT2D eigenvalue weighted by atomic mass is 10.0. The first-order valence-electron chi connectivity index (χ1n) is 8.69. The Morgan fingerprint density at radius 3 is 2.37 bits per heavy atom. The Hall–Kier alpha value is -2.55. The lowest BCUT2D eigenvalue weighted by Crippen LogP contribution is -2.47. The van der Waals surface area contributed by atoms with Crippen molar-refractivity contribution in [3.8, 4) is 11.1 Å². The standard InChI is InChI=1S/C19H20N4O3S/c1-21-8-10-22(11-9-21)19(24)15-4-2-14(3-5-15)16-6-7-17-20-12-18(27(25)26)23(17)13-16/h2-7,12-13H,8-11H2,1H3,(H,25,26). The predicted molar refractivity (Wildman–Crippen MR) is 103 cm³/mol. The Bertz CT molecular complexity index is 1010. The average Bonchev–Trinajstić information content (AvgIpc) is 3.12. The Balaban J connectivity index is 1.58. The van der Waals surface area contributed by atoms with Crippen LogP contribution in [0.2, 0.25) is 0 Å². The zero-order chi connectivity index (χ0) is 19.0. The fourth-order valence-corrected chi connectivity index (χ4v) is 3.71. The molecule has 0 aliphatic carbocycles. The van der Waals surface area contributed by atoms with Gasteiger partial charge in [0.05, 0.1) is 6.20 Å². The zero-order valence-electron chi connectivity index (χ0n) is 14.9. The number of hydrogen-bond donors (Lipinski definition) is 1. The van der Waals surface area contributed by atoms with Crippen LogP contribution >= 0.6 is 0 Å². The van der Waals surface area contributed by atoms with Gasteiger partial charge in [-0.1, -0.05) is 12.1 Å². The molecule has 1 N–H and O–H groups in total. The summed E-state index contributed by atoms with van der Waals surface area (Å²) in [5.41, 5.74) is 3.09. The number of carbonyl (C=O) groups is 1. The minimum absolute atomic E-state index is 0.0534. The van der Waals surface area contributed by atoms with Crippen LogP contribution in [0.1, 0.15) is 10.4 Å². The molecule has 3 aromatic rings. The van der Waals surface area contributed by atoms with Crippen LogP contribution in [0.15, 0.2) is 53.8 Å². The fourth-order valence-electron chi connectivity index (χ4n) is 3.26. The van der Waals surface area contributed by atoms with E-state index in [1.807, 2.05) is 35.2 Å². The van der Waals surface area contributed by atoms with E-state index in [9.17, 15) is 13.6 Å². The van der Waals surface area contributed by atoms with Crippen molar-refractivity contribution in [1.82, 2.24) is 19.2 Å². The molecule has 1 fully saturated rings. The monoisotopic (exact) mass is 384 g/mol. The summed E-state index contributed by atoms with van der Waals surface area (Å²) in [6.45, 7) is 3.28. The fraction of sp³-hybridized carbons (Fsp3) is 0.263. The van der Waals surface area contributed by atoms with E-state index in [-0.39, 0.29) is 10.9 Å². The maximum atomic E-state index is 12.6. The molecule has 8 heteroatoms. The van der Waals surface area contributed by atoms with Crippen molar-refractivity contribution in [3.63, 3.8) is 0 Å². The van der Waals surface area contributed by atoms with Gasteiger partial charge in [-0.05, 0) is 42.4 Å². The first-order chi connectivity index (χ1) is 13.0. The van der Waals surface area contributed by atoms with Crippen molar-refractivity contribution in [2.75, 3.05) is 33.2 Å². The highest BCUT2D eigenvalue weighted by Crippen LogP contribution is 2.22. The minimum Gasteiger partial charge on any atom is -0.336 e. The molecule has 3 heterocycles. The molecule has 1 unspecified atom stereocenters. The molecular weight excluding hydrogens is 364 g/mol. The molecule has 0 bridgehead atoms. The molecule has 0 saturated carbocycles. The van der Waals surface area contributed by atoms with Gasteiger partial charge in [-0.2, -0.15) is 0 Å². The number of imidazole rings is 1. The summed E-state index contributed by atoms with van der Waals surface area (Å²) in [6, 6.07) is 11.2. The van der Waals surface area contributed by atoms with Crippen LogP contribution in [0.25, 0.3) is 16.8 Å². The maximum Gasteiger partial charge on any atom is 0.253 e. The van der Waals surface area contributed by atoms with Crippen LogP contribution in [0.4, 0.5) is 0 Å². The zero-order valence-corrected chi connectivity index (χ0v) is 15.7. The number of likely N-dealkylation sites (N-methyl/N-ethyl adjacent to an activating group) is 1. The molecule has 1 aliphatic rings. The van der Waals surface area contributed by atoms with Gasteiger partial charge in [-0.3, -0.25) is 9.20 Å². The number of rotatable bonds is 3. The van der Waals surface area contributed by atoms with E-state index in [4.69, 9.17) is 0 Å². The van der Waals surface area contributed by atoms with Crippen molar-refractivity contribution in [3.05, 3.63) is 54.4 Å². The molecule has 7 nitrogen and oxygen atoms in total. The summed E-state index contributed by atoms with van der Waals surface area (Å²) < 4.78 is 22.4. The smallest absolute Gasteiger partial charge is 0.253 e. The highest BCUT2D eigenvalue weighted by atomic mass is 32.2. The van der Waals surface area contributed by atoms with Crippen LogP contribution in [0, 0.1) is 0 Å². The van der Waals surface area contributed by atoms with E-state index in [2.05, 4.69) is 16.9 Å². The van der Waals surface area contributed by atoms with Gasteiger partial charge in [0.25, 0.3) is 5.91 Å². The Labute approximate surface area is 159 Å². The number of nitrogens with zero attached hydrogens (tertiary/aromatic N) is 4. The third kappa shape index (κ3) is 3.51. The quantitative estimate of drug-likeness (QED) is 0.699. The Morgan fingerprint density at radius 2 is 1.70 bits per heavy atom. The second kappa shape index (κ2) is 7.22. The van der Waals surface area contributed by atoms with Crippen LogP contribution in [0.3, 0.4) is 0 Å². The van der Waals surface area contributed by atoms with Crippen molar-refractivity contribution in [2.24, 2.45) is 0 Å². The van der Waals surface area contributed by atoms with Gasteiger partial charge in [-0.25, -0.2) is 9.19 Å². The van der Waals surface area contributed by atoms with Crippen molar-refractivity contribution in [1.29, 1.82) is 0 Å². The summed E-state index contributed by atoms with van der Waals surface area (Å²) in [7, 11) is 2.06. The van der Waals surface area contributed by atoms with E-state index < -0.39 is 11.1 Å². The van der Waals surface area contributed by atoms with E-state index in [1.54, 1.807) is 16.7 Å². The van der Waals surface area contributed by atoms with Gasteiger partial charge in [-0.15, -0.1) is 0 Å². The average molecular weight is 384 g/mol. The summed E-state index contributed by atoms with van der Waals surface area (Å²) in [4.78, 5) is 20.9. The molecular formula is C19H20N4O3S. The lowest BCUT2D eigenvalue weighted by Gasteiger charge is -2.32. The minimum atomic E-state index is -2.11. The second-order valence-corrected chi connectivity index (χ2v) is 7.58. The van der Waals surface area contributed by atoms with Crippen molar-refractivity contribution < 1.29 is 13.6 Å². The van der Waals surface area contributed by atoms with Gasteiger partial charge in [0, 0.05) is 37.9 Å². The van der Waals surface area contributed by atoms with Gasteiger partial charge in [0.2, 0.25) is 11.1 Å². The number of hydrogen-bond acceptors (Lipinski definition) is 4. The van der Waals surface area contributed by atoms with Crippen LogP contribution in [-0.2, 0) is 11.1 Å². The SMILES string of the molecule is CN1CCN(C(=O)c2ccc(-c3ccc4ncc(S(=O)O)n4c3)cc2)CC1. The normalized spacial score (nSPS) is 16.6. The largest absolute Gasteiger partial charge is 0.336 e. The molecule has 1 aliphatic heterocycles. The van der Waals surface area contributed by atoms with E-state index in [0.717, 1.165) is 37.3 Å². The summed E-state index contributed by atoms with van der Waals surface area (Å²) in [5, 5.41) is 0.230. The molecule has 1 saturated heterocycles. The van der Waals surface area contributed by atoms with E-state index in [0.29, 0.717) is 11.2 Å². The number of benzene rings is 1. The first kappa shape index (κ1) is 17.8. The summed E-state index contributed by atoms with van der Waals surface area (Å²) in [6.07, 6.45) is 3.18. The molecule has 2 aromatic heterocycles. The van der Waals surface area contributed by atoms with Gasteiger partial charge < -0.3 is 14.4 Å².